The second kappa shape index (κ2) is 7.85. The Morgan fingerprint density at radius 1 is 1.38 bits per heavy atom. The Labute approximate surface area is 108 Å². The van der Waals surface area contributed by atoms with E-state index in [0.29, 0.717) is 17.2 Å². The maximum Gasteiger partial charge on any atom is 0.0465 e. The summed E-state index contributed by atoms with van der Waals surface area (Å²) < 4.78 is 5.14. The molecule has 0 saturated carbocycles. The SMILES string of the molecule is CCC1SCCSC1C(N)C(C)CCOC. The summed E-state index contributed by atoms with van der Waals surface area (Å²) in [6.07, 6.45) is 2.32. The highest BCUT2D eigenvalue weighted by Gasteiger charge is 2.32. The molecule has 1 rings (SSSR count). The van der Waals surface area contributed by atoms with E-state index in [1.54, 1.807) is 7.11 Å². The molecule has 4 atom stereocenters. The van der Waals surface area contributed by atoms with Gasteiger partial charge in [-0.15, -0.1) is 0 Å². The highest BCUT2D eigenvalue weighted by molar-refractivity contribution is 8.07. The Morgan fingerprint density at radius 2 is 2.06 bits per heavy atom. The Morgan fingerprint density at radius 3 is 2.69 bits per heavy atom. The Bertz CT molecular complexity index is 192. The topological polar surface area (TPSA) is 35.2 Å². The molecule has 1 heterocycles. The van der Waals surface area contributed by atoms with E-state index in [-0.39, 0.29) is 0 Å². The summed E-state index contributed by atoms with van der Waals surface area (Å²) >= 11 is 4.19. The van der Waals surface area contributed by atoms with E-state index in [9.17, 15) is 0 Å². The number of ether oxygens (including phenoxy) is 1. The van der Waals surface area contributed by atoms with Crippen LogP contribution < -0.4 is 5.73 Å². The van der Waals surface area contributed by atoms with Crippen LogP contribution in [-0.2, 0) is 4.74 Å². The summed E-state index contributed by atoms with van der Waals surface area (Å²) in [4.78, 5) is 0. The zero-order chi connectivity index (χ0) is 12.0. The Balaban J connectivity index is 2.45. The molecule has 0 aromatic rings. The van der Waals surface area contributed by atoms with Crippen LogP contribution in [0.15, 0.2) is 0 Å². The minimum absolute atomic E-state index is 0.317. The van der Waals surface area contributed by atoms with Crippen molar-refractivity contribution in [2.24, 2.45) is 11.7 Å². The predicted octanol–water partition coefficient (Wildman–Crippen LogP) is 2.61. The van der Waals surface area contributed by atoms with Crippen LogP contribution in [-0.4, -0.2) is 41.8 Å². The van der Waals surface area contributed by atoms with E-state index in [1.807, 2.05) is 0 Å². The fourth-order valence-electron chi connectivity index (χ4n) is 2.11. The maximum atomic E-state index is 6.41. The van der Waals surface area contributed by atoms with Crippen molar-refractivity contribution in [1.82, 2.24) is 0 Å². The van der Waals surface area contributed by atoms with Crippen LogP contribution in [0.4, 0.5) is 0 Å². The average molecular weight is 263 g/mol. The van der Waals surface area contributed by atoms with Crippen LogP contribution in [0.5, 0.6) is 0 Å². The van der Waals surface area contributed by atoms with Crippen LogP contribution in [0, 0.1) is 5.92 Å². The van der Waals surface area contributed by atoms with Crippen molar-refractivity contribution in [3.8, 4) is 0 Å². The fraction of sp³-hybridized carbons (Fsp3) is 1.00. The number of methoxy groups -OCH3 is 1. The number of hydrogen-bond acceptors (Lipinski definition) is 4. The van der Waals surface area contributed by atoms with Gasteiger partial charge in [-0.3, -0.25) is 0 Å². The molecule has 16 heavy (non-hydrogen) atoms. The third-order valence-electron chi connectivity index (χ3n) is 3.31. The monoisotopic (exact) mass is 263 g/mol. The van der Waals surface area contributed by atoms with Crippen LogP contribution in [0.3, 0.4) is 0 Å². The number of hydrogen-bond donors (Lipinski definition) is 1. The summed E-state index contributed by atoms with van der Waals surface area (Å²) in [6, 6.07) is 0.317. The number of rotatable bonds is 6. The van der Waals surface area contributed by atoms with E-state index in [2.05, 4.69) is 37.4 Å². The van der Waals surface area contributed by atoms with Gasteiger partial charge in [0.25, 0.3) is 0 Å². The Hall–Kier alpha value is 0.620. The first-order chi connectivity index (χ1) is 7.70. The molecule has 1 aliphatic rings. The second-order valence-corrected chi connectivity index (χ2v) is 7.12. The van der Waals surface area contributed by atoms with Gasteiger partial charge >= 0.3 is 0 Å². The van der Waals surface area contributed by atoms with Crippen LogP contribution in [0.25, 0.3) is 0 Å². The number of nitrogens with two attached hydrogens (primary N) is 1. The molecule has 0 radical (unpaired) electrons. The largest absolute Gasteiger partial charge is 0.385 e. The molecule has 2 nitrogen and oxygen atoms in total. The highest BCUT2D eigenvalue weighted by atomic mass is 32.2. The molecule has 96 valence electrons. The van der Waals surface area contributed by atoms with Gasteiger partial charge in [-0.05, 0) is 18.8 Å². The van der Waals surface area contributed by atoms with Gasteiger partial charge in [-0.1, -0.05) is 13.8 Å². The van der Waals surface area contributed by atoms with Gasteiger partial charge in [0, 0.05) is 41.8 Å². The number of thioether (sulfide) groups is 2. The van der Waals surface area contributed by atoms with Crippen molar-refractivity contribution in [2.75, 3.05) is 25.2 Å². The van der Waals surface area contributed by atoms with Gasteiger partial charge < -0.3 is 10.5 Å². The van der Waals surface area contributed by atoms with Crippen molar-refractivity contribution in [1.29, 1.82) is 0 Å². The van der Waals surface area contributed by atoms with Crippen molar-refractivity contribution in [2.45, 2.75) is 43.2 Å². The molecule has 0 aliphatic carbocycles. The summed E-state index contributed by atoms with van der Waals surface area (Å²) in [7, 11) is 1.76. The smallest absolute Gasteiger partial charge is 0.0465 e. The normalized spacial score (nSPS) is 30.0. The first-order valence-electron chi connectivity index (χ1n) is 6.18. The van der Waals surface area contributed by atoms with Gasteiger partial charge in [-0.25, -0.2) is 0 Å². The highest BCUT2D eigenvalue weighted by Crippen LogP contribution is 2.36. The van der Waals surface area contributed by atoms with Crippen LogP contribution in [0.2, 0.25) is 0 Å². The molecule has 1 fully saturated rings. The minimum atomic E-state index is 0.317. The third-order valence-corrected chi connectivity index (χ3v) is 6.70. The summed E-state index contributed by atoms with van der Waals surface area (Å²) in [6.45, 7) is 5.37. The van der Waals surface area contributed by atoms with Gasteiger partial charge in [0.2, 0.25) is 0 Å². The quantitative estimate of drug-likeness (QED) is 0.799. The third kappa shape index (κ3) is 4.13. The molecule has 4 heteroatoms. The molecule has 0 aromatic heterocycles. The molecule has 4 unspecified atom stereocenters. The van der Waals surface area contributed by atoms with Crippen molar-refractivity contribution < 1.29 is 4.74 Å². The average Bonchev–Trinajstić information content (AvgIpc) is 2.34. The van der Waals surface area contributed by atoms with Crippen molar-refractivity contribution in [3.63, 3.8) is 0 Å². The maximum absolute atomic E-state index is 6.41. The van der Waals surface area contributed by atoms with Gasteiger partial charge in [0.15, 0.2) is 0 Å². The molecule has 0 bridgehead atoms. The van der Waals surface area contributed by atoms with E-state index < -0.39 is 0 Å². The summed E-state index contributed by atoms with van der Waals surface area (Å²) in [5.74, 6) is 3.11. The van der Waals surface area contributed by atoms with Gasteiger partial charge in [0.05, 0.1) is 0 Å². The lowest BCUT2D eigenvalue weighted by Gasteiger charge is -2.36. The lowest BCUT2D eigenvalue weighted by molar-refractivity contribution is 0.174. The Kier molecular flexibility index (Phi) is 7.20. The van der Waals surface area contributed by atoms with E-state index in [4.69, 9.17) is 10.5 Å². The molecule has 0 aromatic carbocycles. The fourth-order valence-corrected chi connectivity index (χ4v) is 5.44. The summed E-state index contributed by atoms with van der Waals surface area (Å²) in [5, 5.41) is 1.38. The van der Waals surface area contributed by atoms with Crippen molar-refractivity contribution >= 4 is 23.5 Å². The van der Waals surface area contributed by atoms with E-state index in [0.717, 1.165) is 18.3 Å². The van der Waals surface area contributed by atoms with Gasteiger partial charge in [-0.2, -0.15) is 23.5 Å². The lowest BCUT2D eigenvalue weighted by atomic mass is 9.94. The lowest BCUT2D eigenvalue weighted by Crippen LogP contribution is -2.45. The zero-order valence-electron chi connectivity index (χ0n) is 10.6. The predicted molar refractivity (Wildman–Crippen MR) is 76.4 cm³/mol. The van der Waals surface area contributed by atoms with Crippen LogP contribution in [0.1, 0.15) is 26.7 Å². The standard InChI is InChI=1S/C12H25NOS2/c1-4-10-12(16-8-7-15-10)11(13)9(2)5-6-14-3/h9-12H,4-8,13H2,1-3H3. The molecule has 0 spiro atoms. The molecule has 2 N–H and O–H groups in total. The summed E-state index contributed by atoms with van der Waals surface area (Å²) in [5.41, 5.74) is 6.41. The second-order valence-electron chi connectivity index (χ2n) is 4.49. The molecule has 1 aliphatic heterocycles. The van der Waals surface area contributed by atoms with Crippen LogP contribution >= 0.6 is 23.5 Å². The van der Waals surface area contributed by atoms with Gasteiger partial charge in [0.1, 0.15) is 0 Å². The minimum Gasteiger partial charge on any atom is -0.385 e. The van der Waals surface area contributed by atoms with E-state index in [1.165, 1.54) is 17.9 Å². The van der Waals surface area contributed by atoms with Crippen molar-refractivity contribution in [3.05, 3.63) is 0 Å². The van der Waals surface area contributed by atoms with E-state index >= 15 is 0 Å². The molecular formula is C12H25NOS2. The first-order valence-corrected chi connectivity index (χ1v) is 8.28. The molecular weight excluding hydrogens is 238 g/mol. The molecule has 0 amide bonds. The first kappa shape index (κ1) is 14.7. The zero-order valence-corrected chi connectivity index (χ0v) is 12.3. The molecule has 1 saturated heterocycles.